The molecule has 35 heavy (non-hydrogen) atoms. The van der Waals surface area contributed by atoms with Crippen LogP contribution in [0.2, 0.25) is 10.0 Å². The van der Waals surface area contributed by atoms with Crippen LogP contribution in [0.25, 0.3) is 0 Å². The van der Waals surface area contributed by atoms with Crippen LogP contribution in [0.5, 0.6) is 0 Å². The molecule has 0 saturated heterocycles. The Morgan fingerprint density at radius 1 is 1.20 bits per heavy atom. The molecule has 3 heterocycles. The van der Waals surface area contributed by atoms with Crippen molar-refractivity contribution < 1.29 is 18.0 Å². The summed E-state index contributed by atoms with van der Waals surface area (Å²) in [6.07, 6.45) is 5.55. The van der Waals surface area contributed by atoms with Gasteiger partial charge < -0.3 is 16.0 Å². The van der Waals surface area contributed by atoms with Gasteiger partial charge in [0, 0.05) is 31.2 Å². The molecular formula is C23H25Cl2N5O4S. The largest absolute Gasteiger partial charge is 0.370 e. The number of hydrogen-bond acceptors (Lipinski definition) is 6. The quantitative estimate of drug-likeness (QED) is 0.445. The number of nitrogens with zero attached hydrogens (tertiary/aromatic N) is 2. The van der Waals surface area contributed by atoms with Gasteiger partial charge in [0.2, 0.25) is 11.8 Å². The van der Waals surface area contributed by atoms with Crippen molar-refractivity contribution in [3.63, 3.8) is 0 Å². The van der Waals surface area contributed by atoms with Crippen LogP contribution >= 0.6 is 23.2 Å². The summed E-state index contributed by atoms with van der Waals surface area (Å²) in [7, 11) is -4.15. The van der Waals surface area contributed by atoms with Crippen LogP contribution in [0.3, 0.4) is 0 Å². The van der Waals surface area contributed by atoms with Crippen molar-refractivity contribution in [3.8, 4) is 0 Å². The number of benzene rings is 1. The Hall–Kier alpha value is -2.82. The number of sulfonamides is 1. The number of nitrogens with one attached hydrogen (secondary N) is 3. The molecule has 4 rings (SSSR count). The maximum absolute atomic E-state index is 13.2. The van der Waals surface area contributed by atoms with E-state index in [2.05, 4.69) is 27.0 Å². The maximum Gasteiger partial charge on any atom is 0.264 e. The Morgan fingerprint density at radius 3 is 2.83 bits per heavy atom. The molecule has 0 bridgehead atoms. The van der Waals surface area contributed by atoms with Gasteiger partial charge in [0.25, 0.3) is 10.0 Å². The molecule has 0 fully saturated rings. The third-order valence-corrected chi connectivity index (χ3v) is 8.31. The van der Waals surface area contributed by atoms with Crippen molar-refractivity contribution in [2.75, 3.05) is 18.4 Å². The molecule has 1 atom stereocenters. The number of anilines is 1. The first-order chi connectivity index (χ1) is 16.8. The van der Waals surface area contributed by atoms with Gasteiger partial charge in [0.05, 0.1) is 21.4 Å². The number of amides is 2. The summed E-state index contributed by atoms with van der Waals surface area (Å²) < 4.78 is 27.2. The van der Waals surface area contributed by atoms with Gasteiger partial charge in [-0.2, -0.15) is 0 Å². The average molecular weight is 538 g/mol. The van der Waals surface area contributed by atoms with Gasteiger partial charge in [0.15, 0.2) is 0 Å². The third-order valence-electron chi connectivity index (χ3n) is 5.79. The van der Waals surface area contributed by atoms with E-state index in [1.807, 2.05) is 6.07 Å². The molecule has 0 saturated carbocycles. The summed E-state index contributed by atoms with van der Waals surface area (Å²) >= 11 is 11.9. The number of aryl methyl sites for hydroxylation is 2. The lowest BCUT2D eigenvalue weighted by Crippen LogP contribution is -2.51. The summed E-state index contributed by atoms with van der Waals surface area (Å²) in [5.41, 5.74) is 2.15. The fraction of sp³-hybridized carbons (Fsp3) is 0.348. The molecule has 0 spiro atoms. The van der Waals surface area contributed by atoms with Gasteiger partial charge >= 0.3 is 0 Å². The van der Waals surface area contributed by atoms with Gasteiger partial charge in [-0.1, -0.05) is 29.3 Å². The van der Waals surface area contributed by atoms with Crippen molar-refractivity contribution in [2.24, 2.45) is 0 Å². The number of carbonyl (C=O) groups excluding carboxylic acids is 2. The second-order valence-corrected chi connectivity index (χ2v) is 10.9. The lowest BCUT2D eigenvalue weighted by molar-refractivity contribution is -0.129. The predicted molar refractivity (Wildman–Crippen MR) is 134 cm³/mol. The second kappa shape index (κ2) is 10.8. The second-order valence-electron chi connectivity index (χ2n) is 8.25. The van der Waals surface area contributed by atoms with Gasteiger partial charge in [0.1, 0.15) is 11.9 Å². The van der Waals surface area contributed by atoms with Crippen molar-refractivity contribution in [3.05, 3.63) is 64.0 Å². The number of pyridine rings is 1. The lowest BCUT2D eigenvalue weighted by atomic mass is 10.1. The summed E-state index contributed by atoms with van der Waals surface area (Å²) in [4.78, 5) is 29.5. The molecular weight excluding hydrogens is 513 g/mol. The highest BCUT2D eigenvalue weighted by atomic mass is 35.5. The minimum atomic E-state index is -4.15. The Kier molecular flexibility index (Phi) is 7.83. The van der Waals surface area contributed by atoms with Crippen molar-refractivity contribution in [2.45, 2.75) is 43.0 Å². The molecule has 186 valence electrons. The molecule has 3 N–H and O–H groups in total. The molecule has 2 amide bonds. The number of fused-ring (bicyclic) bond motifs is 1. The molecule has 1 aromatic carbocycles. The molecule has 0 radical (unpaired) electrons. The highest BCUT2D eigenvalue weighted by Crippen LogP contribution is 2.28. The molecule has 9 nitrogen and oxygen atoms in total. The minimum Gasteiger partial charge on any atom is -0.370 e. The lowest BCUT2D eigenvalue weighted by Gasteiger charge is -2.31. The first-order valence-corrected chi connectivity index (χ1v) is 13.4. The van der Waals surface area contributed by atoms with Crippen LogP contribution < -0.4 is 16.0 Å². The zero-order valence-corrected chi connectivity index (χ0v) is 21.1. The Labute approximate surface area is 213 Å². The van der Waals surface area contributed by atoms with Crippen LogP contribution in [0.4, 0.5) is 5.82 Å². The van der Waals surface area contributed by atoms with E-state index < -0.39 is 27.9 Å². The van der Waals surface area contributed by atoms with Crippen molar-refractivity contribution in [1.29, 1.82) is 0 Å². The molecule has 2 aromatic rings. The fourth-order valence-electron chi connectivity index (χ4n) is 3.95. The minimum absolute atomic E-state index is 0.0664. The van der Waals surface area contributed by atoms with E-state index in [4.69, 9.17) is 23.2 Å². The van der Waals surface area contributed by atoms with E-state index in [0.717, 1.165) is 35.2 Å². The van der Waals surface area contributed by atoms with E-state index in [1.54, 1.807) is 0 Å². The monoisotopic (exact) mass is 537 g/mol. The Balaban J connectivity index is 1.35. The average Bonchev–Trinajstić information content (AvgIpc) is 2.84. The number of aromatic nitrogens is 1. The molecule has 12 heteroatoms. The molecule has 1 aromatic heterocycles. The van der Waals surface area contributed by atoms with Crippen LogP contribution in [0.15, 0.2) is 47.6 Å². The number of carbonyl (C=O) groups is 2. The van der Waals surface area contributed by atoms with Crippen LogP contribution in [0, 0.1) is 0 Å². The standard InChI is InChI=1S/C23H25Cl2N5O4S/c24-18-8-7-17(13-19(18)25)35(33,34)30-12-11-28-23(32)20(30)14-21(31)26-9-2-4-16-6-5-15-3-1-10-27-22(15)29-16/h5-8,11-13,20H,1-4,9-10,14H2,(H,26,31)(H,27,29)(H,28,32)/t20-/m1/s1. The SMILES string of the molecule is O=C(C[C@@H]1C(=O)NC=CN1S(=O)(=O)c1ccc(Cl)c(Cl)c1)NCCCc1ccc2c(n1)NCCC2. The zero-order chi connectivity index (χ0) is 25.0. The van der Waals surface area contributed by atoms with Crippen LogP contribution in [0.1, 0.15) is 30.5 Å². The first-order valence-electron chi connectivity index (χ1n) is 11.2. The fourth-order valence-corrected chi connectivity index (χ4v) is 5.79. The molecule has 0 unspecified atom stereocenters. The first kappa shape index (κ1) is 25.3. The molecule has 0 aliphatic carbocycles. The van der Waals surface area contributed by atoms with E-state index in [9.17, 15) is 18.0 Å². The number of hydrogen-bond donors (Lipinski definition) is 3. The van der Waals surface area contributed by atoms with Gasteiger partial charge in [-0.3, -0.25) is 13.9 Å². The molecule has 2 aliphatic heterocycles. The van der Waals surface area contributed by atoms with E-state index >= 15 is 0 Å². The topological polar surface area (TPSA) is 121 Å². The van der Waals surface area contributed by atoms with E-state index in [1.165, 1.54) is 36.2 Å². The highest BCUT2D eigenvalue weighted by Gasteiger charge is 2.37. The van der Waals surface area contributed by atoms with Crippen LogP contribution in [-0.4, -0.2) is 48.7 Å². The van der Waals surface area contributed by atoms with Crippen molar-refractivity contribution in [1.82, 2.24) is 19.9 Å². The van der Waals surface area contributed by atoms with Crippen LogP contribution in [-0.2, 0) is 32.5 Å². The summed E-state index contributed by atoms with van der Waals surface area (Å²) in [5, 5.41) is 8.80. The highest BCUT2D eigenvalue weighted by molar-refractivity contribution is 7.89. The predicted octanol–water partition coefficient (Wildman–Crippen LogP) is 2.85. The normalized spacial score (nSPS) is 17.4. The van der Waals surface area contributed by atoms with E-state index in [0.29, 0.717) is 19.4 Å². The number of halogens is 2. The van der Waals surface area contributed by atoms with Gasteiger partial charge in [-0.25, -0.2) is 13.4 Å². The van der Waals surface area contributed by atoms with Gasteiger partial charge in [-0.15, -0.1) is 0 Å². The Bertz CT molecular complexity index is 1270. The third kappa shape index (κ3) is 5.88. The molecule has 2 aliphatic rings. The van der Waals surface area contributed by atoms with Gasteiger partial charge in [-0.05, 0) is 55.5 Å². The zero-order valence-electron chi connectivity index (χ0n) is 18.8. The Morgan fingerprint density at radius 2 is 2.03 bits per heavy atom. The maximum atomic E-state index is 13.2. The van der Waals surface area contributed by atoms with E-state index in [-0.39, 0.29) is 21.4 Å². The number of rotatable bonds is 8. The smallest absolute Gasteiger partial charge is 0.264 e. The van der Waals surface area contributed by atoms with Crippen molar-refractivity contribution >= 4 is 50.9 Å². The summed E-state index contributed by atoms with van der Waals surface area (Å²) in [5.74, 6) is -0.107. The summed E-state index contributed by atoms with van der Waals surface area (Å²) in [6.45, 7) is 1.29. The summed E-state index contributed by atoms with van der Waals surface area (Å²) in [6, 6.07) is 6.71.